The first-order valence-electron chi connectivity index (χ1n) is 10.3. The smallest absolute Gasteiger partial charge is 0.300 e. The minimum Gasteiger partial charge on any atom is -0.481 e. The molecule has 0 spiro atoms. The van der Waals surface area contributed by atoms with E-state index >= 15 is 0 Å². The molecule has 9 N–H and O–H groups in total. The summed E-state index contributed by atoms with van der Waals surface area (Å²) >= 11 is 0. The number of ether oxygens (including phenoxy) is 1. The number of aliphatic hydroxyl groups excluding tert-OH is 1. The number of rotatable bonds is 6. The molecule has 0 aliphatic heterocycles. The number of aldehydes is 1. The Kier molecular flexibility index (Phi) is 85.7. The second-order valence-corrected chi connectivity index (χ2v) is 5.24. The van der Waals surface area contributed by atoms with Gasteiger partial charge in [-0.25, -0.2) is 11.1 Å². The predicted molar refractivity (Wildman–Crippen MR) is 140 cm³/mol. The topological polar surface area (TPSA) is 282 Å². The lowest BCUT2D eigenvalue weighted by Crippen LogP contribution is -1.93. The summed E-state index contributed by atoms with van der Waals surface area (Å²) < 4.78 is 4.15. The number of hydrogen-bond donors (Lipinski definition) is 6. The first kappa shape index (κ1) is 53.5. The maximum absolute atomic E-state index is 9.74. The van der Waals surface area contributed by atoms with Gasteiger partial charge in [0.05, 0.1) is 24.9 Å². The molecule has 0 radical (unpaired) electrons. The van der Waals surface area contributed by atoms with E-state index in [2.05, 4.69) is 14.9 Å². The van der Waals surface area contributed by atoms with Crippen molar-refractivity contribution >= 4 is 24.5 Å². The molecule has 1 rings (SSSR count). The average Bonchev–Trinajstić information content (AvgIpc) is 3.24. The molecule has 1 heterocycles. The van der Waals surface area contributed by atoms with Gasteiger partial charge in [0.2, 0.25) is 0 Å². The second-order valence-electron chi connectivity index (χ2n) is 5.24. The van der Waals surface area contributed by atoms with Crippen LogP contribution in [-0.4, -0.2) is 57.8 Å². The Morgan fingerprint density at radius 1 is 1.28 bits per heavy atom. The molecule has 0 aromatic carbocycles. The van der Waals surface area contributed by atoms with Crippen molar-refractivity contribution < 1.29 is 36.2 Å². The van der Waals surface area contributed by atoms with Crippen LogP contribution >= 0.6 is 0 Å². The van der Waals surface area contributed by atoms with Crippen LogP contribution in [0.3, 0.4) is 0 Å². The number of nitrogens with zero attached hydrogens (tertiary/aromatic N) is 3. The number of hydrogen-bond acceptors (Lipinski definition) is 11. The highest BCUT2D eigenvalue weighted by molar-refractivity contribution is 5.63. The third kappa shape index (κ3) is 77.8. The number of nitriles is 2. The Bertz CT molecular complexity index is 634. The van der Waals surface area contributed by atoms with Crippen molar-refractivity contribution in [1.82, 2.24) is 10.2 Å². The number of aryl methyl sites for hydroxylation is 1. The normalized spacial score (nSPS) is 7.58. The van der Waals surface area contributed by atoms with E-state index in [1.54, 1.807) is 20.0 Å². The van der Waals surface area contributed by atoms with Crippen molar-refractivity contribution in [2.75, 3.05) is 18.9 Å². The molecule has 0 saturated carbocycles. The molecular weight excluding hydrogens is 474 g/mol. The van der Waals surface area contributed by atoms with E-state index in [1.165, 1.54) is 0 Å². The van der Waals surface area contributed by atoms with E-state index in [0.29, 0.717) is 38.0 Å². The summed E-state index contributed by atoms with van der Waals surface area (Å²) in [7, 11) is 0. The Morgan fingerprint density at radius 2 is 1.72 bits per heavy atom. The third-order valence-corrected chi connectivity index (χ3v) is 2.50. The first-order valence-corrected chi connectivity index (χ1v) is 10.3. The van der Waals surface area contributed by atoms with Gasteiger partial charge in [0, 0.05) is 26.9 Å². The van der Waals surface area contributed by atoms with Crippen molar-refractivity contribution in [3.63, 3.8) is 0 Å². The summed E-state index contributed by atoms with van der Waals surface area (Å²) in [6.07, 6.45) is 5.66. The number of aromatic amines is 1. The van der Waals surface area contributed by atoms with Crippen LogP contribution < -0.4 is 5.73 Å². The summed E-state index contributed by atoms with van der Waals surface area (Å²) in [5.41, 5.74) is 16.5. The van der Waals surface area contributed by atoms with E-state index in [9.17, 15) is 9.59 Å². The molecule has 1 atom stereocenters. The highest BCUT2D eigenvalue weighted by Gasteiger charge is 1.97. The number of unbranched alkanes of at least 4 members (excludes halogenated alkanes) is 1. The fraction of sp³-hybridized carbons (Fsp3) is 0.636. The Labute approximate surface area is 216 Å². The SMILES string of the molecule is C.CC(=O)O.CCC(C#N)C=O.CCCC#N.CCO.CCOC=O.CCc1cn[nH]c1N.N=N.O.[HH]. The van der Waals surface area contributed by atoms with Gasteiger partial charge in [-0.2, -0.15) is 15.6 Å². The zero-order valence-corrected chi connectivity index (χ0v) is 21.5. The van der Waals surface area contributed by atoms with Gasteiger partial charge in [-0.3, -0.25) is 14.7 Å². The number of aromatic nitrogens is 2. The second kappa shape index (κ2) is 57.7. The lowest BCUT2D eigenvalue weighted by Gasteiger charge is -1.86. The number of H-pyrrole nitrogens is 1. The van der Waals surface area contributed by atoms with E-state index < -0.39 is 5.97 Å². The van der Waals surface area contributed by atoms with Gasteiger partial charge in [0.15, 0.2) is 0 Å². The molecule has 0 saturated heterocycles. The Morgan fingerprint density at radius 3 is 1.78 bits per heavy atom. The number of nitrogens with two attached hydrogens (primary N) is 1. The van der Waals surface area contributed by atoms with Gasteiger partial charge in [-0.15, -0.1) is 0 Å². The minimum absolute atomic E-state index is 0. The monoisotopic (exact) mass is 523 g/mol. The summed E-state index contributed by atoms with van der Waals surface area (Å²) in [4.78, 5) is 27.9. The van der Waals surface area contributed by atoms with Crippen LogP contribution in [0, 0.1) is 39.6 Å². The fourth-order valence-electron chi connectivity index (χ4n) is 1.00. The molecule has 0 fully saturated rings. The van der Waals surface area contributed by atoms with Gasteiger partial charge in [-0.1, -0.05) is 28.2 Å². The summed E-state index contributed by atoms with van der Waals surface area (Å²) in [6.45, 7) is 11.5. The molecule has 14 nitrogen and oxygen atoms in total. The van der Waals surface area contributed by atoms with Crippen molar-refractivity contribution in [1.29, 1.82) is 21.6 Å². The lowest BCUT2D eigenvalue weighted by atomic mass is 10.1. The van der Waals surface area contributed by atoms with Gasteiger partial charge >= 0.3 is 0 Å². The fourth-order valence-corrected chi connectivity index (χ4v) is 1.00. The Balaban J connectivity index is -0.0000000362. The maximum Gasteiger partial charge on any atom is 0.300 e. The number of aliphatic carboxylic acids is 1. The quantitative estimate of drug-likeness (QED) is 0.233. The number of carbonyl (C=O) groups is 3. The van der Waals surface area contributed by atoms with Crippen molar-refractivity contribution in [2.45, 2.75) is 74.7 Å². The first-order chi connectivity index (χ1) is 16.2. The molecule has 36 heavy (non-hydrogen) atoms. The van der Waals surface area contributed by atoms with E-state index in [0.717, 1.165) is 25.3 Å². The van der Waals surface area contributed by atoms with Gasteiger partial charge in [0.25, 0.3) is 12.4 Å². The number of carboxylic acids is 1. The molecular formula is C22H49N7O7. The third-order valence-electron chi connectivity index (χ3n) is 2.50. The standard InChI is InChI=1S/C5H9N3.C5H7NO.C4H7N.C3H6O2.C2H4O2.C2H6O.CH4.H2N2.H2O.H2/c1-2-4-3-7-8-5(4)6;1-2-5(3-6)4-7;1-2-3-4-5;1-2-5-3-4;1-2(3)4;1-2-3;;1-2;;/h3H,2H2,1H3,(H3,6,7,8);4-5H,2H2,1H3;2-3H2,1H3;3H,2H2,1H3;1H3,(H,3,4);3H,2H2,1H3;1H4;1-2H;1H2;1H. The highest BCUT2D eigenvalue weighted by atomic mass is 16.5. The van der Waals surface area contributed by atoms with Gasteiger partial charge < -0.3 is 31.0 Å². The van der Waals surface area contributed by atoms with Gasteiger partial charge in [0.1, 0.15) is 18.0 Å². The molecule has 14 heteroatoms. The number of anilines is 1. The molecule has 1 unspecified atom stereocenters. The molecule has 0 bridgehead atoms. The van der Waals surface area contributed by atoms with Crippen molar-refractivity contribution in [3.8, 4) is 12.1 Å². The molecule has 0 aliphatic carbocycles. The van der Waals surface area contributed by atoms with Crippen molar-refractivity contribution in [3.05, 3.63) is 11.8 Å². The van der Waals surface area contributed by atoms with Crippen LogP contribution in [0.25, 0.3) is 0 Å². The lowest BCUT2D eigenvalue weighted by molar-refractivity contribution is -0.134. The van der Waals surface area contributed by atoms with Crippen LogP contribution in [0.5, 0.6) is 0 Å². The molecule has 1 aromatic heterocycles. The average molecular weight is 524 g/mol. The van der Waals surface area contributed by atoms with Crippen molar-refractivity contribution in [2.24, 2.45) is 5.92 Å². The Hall–Kier alpha value is -3.88. The number of carboxylic acid groups (broad SMARTS) is 1. The summed E-state index contributed by atoms with van der Waals surface area (Å²) in [6, 6.07) is 3.85. The summed E-state index contributed by atoms with van der Waals surface area (Å²) in [5.74, 6) is -0.535. The van der Waals surface area contributed by atoms with Crippen LogP contribution in [0.15, 0.2) is 6.20 Å². The molecule has 214 valence electrons. The van der Waals surface area contributed by atoms with E-state index in [1.807, 2.05) is 32.9 Å². The van der Waals surface area contributed by atoms with E-state index in [-0.39, 0.29) is 26.9 Å². The van der Waals surface area contributed by atoms with Gasteiger partial charge in [-0.05, 0) is 33.1 Å². The molecule has 0 amide bonds. The van der Waals surface area contributed by atoms with Crippen LogP contribution in [0.4, 0.5) is 5.82 Å². The van der Waals surface area contributed by atoms with Crippen LogP contribution in [0.1, 0.15) is 75.2 Å². The minimum atomic E-state index is -0.833. The molecule has 1 aromatic rings. The van der Waals surface area contributed by atoms with E-state index in [4.69, 9.17) is 42.3 Å². The zero-order valence-electron chi connectivity index (χ0n) is 21.5. The maximum atomic E-state index is 9.74. The van der Waals surface area contributed by atoms with Crippen LogP contribution in [0.2, 0.25) is 0 Å². The predicted octanol–water partition coefficient (Wildman–Crippen LogP) is 3.52. The highest BCUT2D eigenvalue weighted by Crippen LogP contribution is 2.04. The van der Waals surface area contributed by atoms with Crippen LogP contribution in [-0.2, 0) is 25.5 Å². The largest absolute Gasteiger partial charge is 0.481 e. The number of nitrogens with one attached hydrogen (secondary N) is 3. The summed E-state index contributed by atoms with van der Waals surface area (Å²) in [5, 5.41) is 37.2. The number of nitrogen functional groups attached to an aromatic ring is 1. The number of aliphatic hydroxyl groups is 1. The number of carbonyl (C=O) groups excluding carboxylic acids is 2. The molecule has 0 aliphatic rings. The zero-order chi connectivity index (χ0) is 28.2.